The Bertz CT molecular complexity index is 2580. The van der Waals surface area contributed by atoms with Crippen LogP contribution in [0.4, 0.5) is 0 Å². The molecular formula is C44H29N3. The predicted molar refractivity (Wildman–Crippen MR) is 199 cm³/mol. The second-order valence-electron chi connectivity index (χ2n) is 12.3. The molecule has 0 amide bonds. The van der Waals surface area contributed by atoms with E-state index in [1.807, 2.05) is 0 Å². The van der Waals surface area contributed by atoms with Gasteiger partial charge in [-0.2, -0.15) is 0 Å². The second kappa shape index (κ2) is 9.84. The third kappa shape index (κ3) is 3.68. The fourth-order valence-corrected chi connectivity index (χ4v) is 7.73. The smallest absolute Gasteiger partial charge is 0.0542 e. The van der Waals surface area contributed by atoms with Crippen LogP contribution in [-0.4, -0.2) is 13.7 Å². The summed E-state index contributed by atoms with van der Waals surface area (Å²) in [7, 11) is 0. The molecule has 0 spiro atoms. The summed E-state index contributed by atoms with van der Waals surface area (Å²) in [5.41, 5.74) is 11.4. The molecule has 0 unspecified atom stereocenters. The van der Waals surface area contributed by atoms with Gasteiger partial charge in [0, 0.05) is 49.4 Å². The second-order valence-corrected chi connectivity index (χ2v) is 12.3. The summed E-state index contributed by atoms with van der Waals surface area (Å²) in [5, 5.41) is 7.43. The molecule has 220 valence electrons. The van der Waals surface area contributed by atoms with Crippen molar-refractivity contribution in [3.63, 3.8) is 0 Å². The molecule has 10 aromatic rings. The average molecular weight is 600 g/mol. The summed E-state index contributed by atoms with van der Waals surface area (Å²) in [6.07, 6.45) is 0. The minimum atomic E-state index is 0.958. The van der Waals surface area contributed by atoms with Gasteiger partial charge >= 0.3 is 0 Å². The van der Waals surface area contributed by atoms with Crippen LogP contribution in [0.3, 0.4) is 0 Å². The van der Waals surface area contributed by atoms with Crippen molar-refractivity contribution in [2.24, 2.45) is 0 Å². The van der Waals surface area contributed by atoms with Crippen LogP contribution >= 0.6 is 0 Å². The van der Waals surface area contributed by atoms with Gasteiger partial charge < -0.3 is 13.7 Å². The Labute approximate surface area is 271 Å². The van der Waals surface area contributed by atoms with Gasteiger partial charge in [-0.1, -0.05) is 110 Å². The van der Waals surface area contributed by atoms with Gasteiger partial charge in [-0.25, -0.2) is 0 Å². The van der Waals surface area contributed by atoms with Crippen LogP contribution in [-0.2, 0) is 0 Å². The van der Waals surface area contributed by atoms with E-state index in [0.717, 1.165) is 33.7 Å². The number of hydrogen-bond acceptors (Lipinski definition) is 0. The summed E-state index contributed by atoms with van der Waals surface area (Å²) in [5.74, 6) is 0. The maximum Gasteiger partial charge on any atom is 0.0542 e. The van der Waals surface area contributed by atoms with Crippen molar-refractivity contribution < 1.29 is 0 Å². The first-order valence-corrected chi connectivity index (χ1v) is 16.1. The highest BCUT2D eigenvalue weighted by molar-refractivity contribution is 6.14. The van der Waals surface area contributed by atoms with Gasteiger partial charge in [-0.15, -0.1) is 0 Å². The van der Waals surface area contributed by atoms with Gasteiger partial charge in [0.25, 0.3) is 0 Å². The Kier molecular flexibility index (Phi) is 5.43. The number of rotatable bonds is 4. The molecule has 7 aromatic carbocycles. The molecule has 3 nitrogen and oxygen atoms in total. The molecule has 47 heavy (non-hydrogen) atoms. The molecule has 10 rings (SSSR count). The van der Waals surface area contributed by atoms with Crippen LogP contribution in [0.15, 0.2) is 170 Å². The minimum Gasteiger partial charge on any atom is -0.309 e. The first kappa shape index (κ1) is 26.0. The SMILES string of the molecule is C=C(c1ccccc1)n1c2ccc(-n3c4ccccc4c4ccccc43)cc2c2cc(-n3c4ccccc4c4ccccc43)ccc21. The third-order valence-electron chi connectivity index (χ3n) is 9.79. The Balaban J connectivity index is 1.29. The van der Waals surface area contributed by atoms with E-state index in [9.17, 15) is 0 Å². The quantitative estimate of drug-likeness (QED) is 0.191. The average Bonchev–Trinajstić information content (AvgIpc) is 3.77. The maximum absolute atomic E-state index is 4.63. The molecule has 0 aliphatic carbocycles. The molecule has 0 bridgehead atoms. The minimum absolute atomic E-state index is 0.958. The van der Waals surface area contributed by atoms with E-state index in [1.54, 1.807) is 0 Å². The molecule has 3 aromatic heterocycles. The zero-order chi connectivity index (χ0) is 31.1. The first-order chi connectivity index (χ1) is 23.3. The fourth-order valence-electron chi connectivity index (χ4n) is 7.73. The molecule has 0 fully saturated rings. The summed E-state index contributed by atoms with van der Waals surface area (Å²) >= 11 is 0. The summed E-state index contributed by atoms with van der Waals surface area (Å²) in [4.78, 5) is 0. The van der Waals surface area contributed by atoms with E-state index in [-0.39, 0.29) is 0 Å². The normalized spacial score (nSPS) is 11.9. The lowest BCUT2D eigenvalue weighted by molar-refractivity contribution is 1.17. The molecule has 3 heterocycles. The summed E-state index contributed by atoms with van der Waals surface area (Å²) < 4.78 is 7.12. The fraction of sp³-hybridized carbons (Fsp3) is 0. The highest BCUT2D eigenvalue weighted by Gasteiger charge is 2.19. The molecule has 0 atom stereocenters. The molecule has 0 saturated carbocycles. The third-order valence-corrected chi connectivity index (χ3v) is 9.79. The van der Waals surface area contributed by atoms with Gasteiger partial charge in [0.05, 0.1) is 33.1 Å². The van der Waals surface area contributed by atoms with Crippen molar-refractivity contribution in [1.29, 1.82) is 0 Å². The lowest BCUT2D eigenvalue weighted by atomic mass is 10.1. The molecule has 3 heteroatoms. The highest BCUT2D eigenvalue weighted by atomic mass is 15.0. The van der Waals surface area contributed by atoms with Crippen molar-refractivity contribution in [1.82, 2.24) is 13.7 Å². The van der Waals surface area contributed by atoms with Crippen LogP contribution in [0, 0.1) is 0 Å². The van der Waals surface area contributed by atoms with Crippen LogP contribution in [0.5, 0.6) is 0 Å². The topological polar surface area (TPSA) is 14.8 Å². The zero-order valence-corrected chi connectivity index (χ0v) is 25.6. The lowest BCUT2D eigenvalue weighted by Gasteiger charge is -2.13. The Morgan fingerprint density at radius 1 is 0.340 bits per heavy atom. The van der Waals surface area contributed by atoms with Crippen molar-refractivity contribution in [2.45, 2.75) is 0 Å². The van der Waals surface area contributed by atoms with E-state index >= 15 is 0 Å². The van der Waals surface area contributed by atoms with E-state index in [0.29, 0.717) is 0 Å². The molecule has 0 aliphatic rings. The number of fused-ring (bicyclic) bond motifs is 9. The molecule has 0 N–H and O–H groups in total. The van der Waals surface area contributed by atoms with E-state index in [4.69, 9.17) is 0 Å². The van der Waals surface area contributed by atoms with Crippen LogP contribution < -0.4 is 0 Å². The van der Waals surface area contributed by atoms with Gasteiger partial charge in [0.1, 0.15) is 0 Å². The zero-order valence-electron chi connectivity index (χ0n) is 25.6. The Morgan fingerprint density at radius 3 is 1.11 bits per heavy atom. The molecular weight excluding hydrogens is 571 g/mol. The Hall–Kier alpha value is -6.32. The van der Waals surface area contributed by atoms with Crippen molar-refractivity contribution >= 4 is 71.1 Å². The van der Waals surface area contributed by atoms with E-state index < -0.39 is 0 Å². The Morgan fingerprint density at radius 2 is 0.702 bits per heavy atom. The molecule has 0 saturated heterocycles. The van der Waals surface area contributed by atoms with Gasteiger partial charge in [0.15, 0.2) is 0 Å². The van der Waals surface area contributed by atoms with Crippen molar-refractivity contribution in [3.05, 3.63) is 176 Å². The standard InChI is InChI=1S/C44H29N3/c1-29(30-13-3-2-4-14-30)45-43-25-23-31(46-39-19-9-5-15-33(39)34-16-6-10-20-40(34)46)27-37(43)38-28-32(24-26-44(38)45)47-41-21-11-7-17-35(41)36-18-8-12-22-42(36)47/h2-28H,1H2. The summed E-state index contributed by atoms with van der Waals surface area (Å²) in [6, 6.07) is 59.1. The van der Waals surface area contributed by atoms with Crippen LogP contribution in [0.2, 0.25) is 0 Å². The first-order valence-electron chi connectivity index (χ1n) is 16.1. The monoisotopic (exact) mass is 599 g/mol. The van der Waals surface area contributed by atoms with Crippen molar-refractivity contribution in [2.75, 3.05) is 0 Å². The van der Waals surface area contributed by atoms with Gasteiger partial charge in [-0.3, -0.25) is 0 Å². The molecule has 0 radical (unpaired) electrons. The summed E-state index contributed by atoms with van der Waals surface area (Å²) in [6.45, 7) is 4.63. The van der Waals surface area contributed by atoms with Gasteiger partial charge in [0.2, 0.25) is 0 Å². The number of aromatic nitrogens is 3. The number of hydrogen-bond donors (Lipinski definition) is 0. The van der Waals surface area contributed by atoms with Gasteiger partial charge in [-0.05, 0) is 66.2 Å². The van der Waals surface area contributed by atoms with Crippen molar-refractivity contribution in [3.8, 4) is 11.4 Å². The number of nitrogens with zero attached hydrogens (tertiary/aromatic N) is 3. The highest BCUT2D eigenvalue weighted by Crippen LogP contribution is 2.39. The number of para-hydroxylation sites is 4. The van der Waals surface area contributed by atoms with E-state index in [2.05, 4.69) is 184 Å². The lowest BCUT2D eigenvalue weighted by Crippen LogP contribution is -1.98. The van der Waals surface area contributed by atoms with Crippen LogP contribution in [0.25, 0.3) is 82.5 Å². The van der Waals surface area contributed by atoms with E-state index in [1.165, 1.54) is 54.4 Å². The number of benzene rings is 7. The van der Waals surface area contributed by atoms with Crippen LogP contribution in [0.1, 0.15) is 5.56 Å². The maximum atomic E-state index is 4.63. The molecule has 0 aliphatic heterocycles. The predicted octanol–water partition coefficient (Wildman–Crippen LogP) is 11.5. The largest absolute Gasteiger partial charge is 0.309 e.